The van der Waals surface area contributed by atoms with Crippen molar-refractivity contribution in [3.8, 4) is 11.5 Å². The van der Waals surface area contributed by atoms with Crippen LogP contribution < -0.4 is 14.8 Å². The monoisotopic (exact) mass is 477 g/mol. The van der Waals surface area contributed by atoms with Gasteiger partial charge in [0, 0.05) is 6.54 Å². The van der Waals surface area contributed by atoms with Crippen molar-refractivity contribution in [1.29, 1.82) is 0 Å². The molecule has 5 rings (SSSR count). The lowest BCUT2D eigenvalue weighted by molar-refractivity contribution is -0.134. The number of nitrogens with one attached hydrogen (secondary N) is 1. The summed E-state index contributed by atoms with van der Waals surface area (Å²) in [5.74, 6) is 1.97. The van der Waals surface area contributed by atoms with E-state index in [2.05, 4.69) is 35.3 Å². The standard InChI is InChI=1S/C28H35N3O4/c1-4-19-10-13-28(14-11-19)26(32)31(27(33)29-28)18-30-15-12-21-16-23(34-2)24(35-3)17-22(21)25(30)20-8-6-5-7-9-20/h5-9,16-17,19,25H,4,10-15,18H2,1-3H3,(H,29,33)/t19?,25-,28?/m1/s1. The van der Waals surface area contributed by atoms with Crippen molar-refractivity contribution in [2.45, 2.75) is 57.0 Å². The van der Waals surface area contributed by atoms with Gasteiger partial charge in [0.15, 0.2) is 11.5 Å². The summed E-state index contributed by atoms with van der Waals surface area (Å²) in [7, 11) is 3.29. The van der Waals surface area contributed by atoms with Gasteiger partial charge in [0.2, 0.25) is 0 Å². The third-order valence-corrected chi connectivity index (χ3v) is 8.19. The van der Waals surface area contributed by atoms with Crippen LogP contribution in [-0.4, -0.2) is 54.7 Å². The van der Waals surface area contributed by atoms with Crippen molar-refractivity contribution in [1.82, 2.24) is 15.1 Å². The van der Waals surface area contributed by atoms with Crippen LogP contribution in [0.25, 0.3) is 0 Å². The van der Waals surface area contributed by atoms with Gasteiger partial charge in [0.1, 0.15) is 5.54 Å². The van der Waals surface area contributed by atoms with Crippen molar-refractivity contribution in [2.75, 3.05) is 27.4 Å². The summed E-state index contributed by atoms with van der Waals surface area (Å²) >= 11 is 0. The molecular formula is C28H35N3O4. The van der Waals surface area contributed by atoms with Gasteiger partial charge >= 0.3 is 6.03 Å². The van der Waals surface area contributed by atoms with Crippen LogP contribution in [0.15, 0.2) is 42.5 Å². The number of fused-ring (bicyclic) bond motifs is 1. The Morgan fingerprint density at radius 1 is 1.03 bits per heavy atom. The fourth-order valence-electron chi connectivity index (χ4n) is 6.08. The topological polar surface area (TPSA) is 71.1 Å². The molecule has 1 atom stereocenters. The van der Waals surface area contributed by atoms with Crippen LogP contribution in [0.4, 0.5) is 4.79 Å². The maximum absolute atomic E-state index is 13.6. The Balaban J connectivity index is 1.46. The Kier molecular flexibility index (Phi) is 6.45. The Labute approximate surface area is 207 Å². The Morgan fingerprint density at radius 3 is 2.37 bits per heavy atom. The number of rotatable bonds is 6. The summed E-state index contributed by atoms with van der Waals surface area (Å²) in [6.07, 6.45) is 5.36. The van der Waals surface area contributed by atoms with E-state index < -0.39 is 5.54 Å². The van der Waals surface area contributed by atoms with Crippen molar-refractivity contribution >= 4 is 11.9 Å². The molecule has 1 spiro atoms. The van der Waals surface area contributed by atoms with Crippen LogP contribution in [0, 0.1) is 5.92 Å². The number of ether oxygens (including phenoxy) is 2. The maximum Gasteiger partial charge on any atom is 0.326 e. The summed E-state index contributed by atoms with van der Waals surface area (Å²) < 4.78 is 11.2. The van der Waals surface area contributed by atoms with E-state index in [1.54, 1.807) is 14.2 Å². The first-order valence-corrected chi connectivity index (χ1v) is 12.7. The minimum Gasteiger partial charge on any atom is -0.493 e. The third-order valence-electron chi connectivity index (χ3n) is 8.19. The van der Waals surface area contributed by atoms with Crippen LogP contribution in [0.3, 0.4) is 0 Å². The molecule has 2 fully saturated rings. The first-order chi connectivity index (χ1) is 17.0. The number of benzene rings is 2. The van der Waals surface area contributed by atoms with E-state index in [1.165, 1.54) is 10.5 Å². The summed E-state index contributed by atoms with van der Waals surface area (Å²) in [5.41, 5.74) is 2.70. The SMILES string of the molecule is CCC1CCC2(CC1)NC(=O)N(CN1CCc3cc(OC)c(OC)cc3[C@H]1c1ccccc1)C2=O. The molecule has 7 heteroatoms. The molecule has 0 radical (unpaired) electrons. The molecule has 1 saturated heterocycles. The molecule has 2 aromatic rings. The normalized spacial score (nSPS) is 26.5. The Bertz CT molecular complexity index is 1090. The molecule has 186 valence electrons. The number of hydrogen-bond donors (Lipinski definition) is 1. The fourth-order valence-corrected chi connectivity index (χ4v) is 6.08. The van der Waals surface area contributed by atoms with E-state index in [9.17, 15) is 9.59 Å². The average Bonchev–Trinajstić information content (AvgIpc) is 3.12. The molecule has 0 aromatic heterocycles. The average molecular weight is 478 g/mol. The second-order valence-electron chi connectivity index (χ2n) is 10.0. The van der Waals surface area contributed by atoms with Crippen molar-refractivity contribution in [3.63, 3.8) is 0 Å². The fraction of sp³-hybridized carbons (Fsp3) is 0.500. The van der Waals surface area contributed by atoms with Gasteiger partial charge in [-0.3, -0.25) is 9.69 Å². The number of carbonyl (C=O) groups is 2. The van der Waals surface area contributed by atoms with E-state index in [1.807, 2.05) is 24.3 Å². The zero-order valence-corrected chi connectivity index (χ0v) is 20.9. The highest BCUT2D eigenvalue weighted by molar-refractivity contribution is 6.07. The number of amides is 3. The minimum atomic E-state index is -0.727. The molecule has 2 aliphatic heterocycles. The molecule has 1 N–H and O–H groups in total. The van der Waals surface area contributed by atoms with Crippen LogP contribution in [0.1, 0.15) is 61.8 Å². The molecule has 7 nitrogen and oxygen atoms in total. The van der Waals surface area contributed by atoms with E-state index in [4.69, 9.17) is 9.47 Å². The lowest BCUT2D eigenvalue weighted by Gasteiger charge is -2.40. The lowest BCUT2D eigenvalue weighted by Crippen LogP contribution is -2.50. The smallest absolute Gasteiger partial charge is 0.326 e. The van der Waals surface area contributed by atoms with Crippen molar-refractivity contribution in [2.24, 2.45) is 5.92 Å². The summed E-state index contributed by atoms with van der Waals surface area (Å²) in [4.78, 5) is 30.4. The zero-order valence-electron chi connectivity index (χ0n) is 20.9. The van der Waals surface area contributed by atoms with Gasteiger partial charge in [0.05, 0.1) is 26.9 Å². The molecule has 3 aliphatic rings. The molecule has 1 saturated carbocycles. The highest BCUT2D eigenvalue weighted by Gasteiger charge is 2.53. The van der Waals surface area contributed by atoms with Crippen molar-refractivity contribution in [3.05, 3.63) is 59.2 Å². The van der Waals surface area contributed by atoms with Crippen molar-refractivity contribution < 1.29 is 19.1 Å². The van der Waals surface area contributed by atoms with Crippen LogP contribution in [-0.2, 0) is 11.2 Å². The van der Waals surface area contributed by atoms with E-state index >= 15 is 0 Å². The van der Waals surface area contributed by atoms with Gasteiger partial charge in [-0.1, -0.05) is 43.7 Å². The van der Waals surface area contributed by atoms with E-state index in [0.29, 0.717) is 17.4 Å². The molecule has 35 heavy (non-hydrogen) atoms. The molecule has 2 heterocycles. The highest BCUT2D eigenvalue weighted by atomic mass is 16.5. The van der Waals surface area contributed by atoms with Gasteiger partial charge in [-0.05, 0) is 66.8 Å². The highest BCUT2D eigenvalue weighted by Crippen LogP contribution is 2.42. The molecule has 0 bridgehead atoms. The van der Waals surface area contributed by atoms with E-state index in [-0.39, 0.29) is 24.6 Å². The summed E-state index contributed by atoms with van der Waals surface area (Å²) in [5, 5.41) is 3.08. The minimum absolute atomic E-state index is 0.0676. The second-order valence-corrected chi connectivity index (χ2v) is 10.0. The van der Waals surface area contributed by atoms with Gasteiger partial charge in [-0.2, -0.15) is 0 Å². The largest absolute Gasteiger partial charge is 0.493 e. The van der Waals surface area contributed by atoms with Gasteiger partial charge in [-0.15, -0.1) is 0 Å². The third kappa shape index (κ3) is 4.16. The Hall–Kier alpha value is -3.06. The zero-order chi connectivity index (χ0) is 24.6. The number of urea groups is 1. The van der Waals surface area contributed by atoms with Crippen LogP contribution >= 0.6 is 0 Å². The number of imide groups is 1. The summed E-state index contributed by atoms with van der Waals surface area (Å²) in [6.45, 7) is 3.19. The quantitative estimate of drug-likeness (QED) is 0.621. The predicted octanol–water partition coefficient (Wildman–Crippen LogP) is 4.50. The van der Waals surface area contributed by atoms with Crippen LogP contribution in [0.5, 0.6) is 11.5 Å². The first kappa shape index (κ1) is 23.7. The van der Waals surface area contributed by atoms with Gasteiger partial charge in [-0.25, -0.2) is 9.69 Å². The van der Waals surface area contributed by atoms with Gasteiger partial charge < -0.3 is 14.8 Å². The number of carbonyl (C=O) groups excluding carboxylic acids is 2. The number of methoxy groups -OCH3 is 2. The lowest BCUT2D eigenvalue weighted by atomic mass is 9.75. The molecule has 0 unspecified atom stereocenters. The first-order valence-electron chi connectivity index (χ1n) is 12.7. The predicted molar refractivity (Wildman–Crippen MR) is 133 cm³/mol. The molecule has 1 aliphatic carbocycles. The number of nitrogens with zero attached hydrogens (tertiary/aromatic N) is 2. The molecular weight excluding hydrogens is 442 g/mol. The second kappa shape index (κ2) is 9.53. The van der Waals surface area contributed by atoms with Crippen LogP contribution in [0.2, 0.25) is 0 Å². The maximum atomic E-state index is 13.6. The van der Waals surface area contributed by atoms with Gasteiger partial charge in [0.25, 0.3) is 5.91 Å². The Morgan fingerprint density at radius 2 is 1.71 bits per heavy atom. The van der Waals surface area contributed by atoms with E-state index in [0.717, 1.165) is 56.2 Å². The summed E-state index contributed by atoms with van der Waals surface area (Å²) in [6, 6.07) is 14.0. The number of hydrogen-bond acceptors (Lipinski definition) is 5. The molecule has 2 aromatic carbocycles. The molecule has 3 amide bonds.